The van der Waals surface area contributed by atoms with E-state index in [0.29, 0.717) is 18.1 Å². The minimum absolute atomic E-state index is 0.430. The summed E-state index contributed by atoms with van der Waals surface area (Å²) in [5, 5.41) is 3.07. The Morgan fingerprint density at radius 2 is 2.06 bits per heavy atom. The Kier molecular flexibility index (Phi) is 4.53. The molecule has 0 spiro atoms. The van der Waals surface area contributed by atoms with Crippen LogP contribution in [0.25, 0.3) is 0 Å². The standard InChI is InChI=1S/C11H19N3O3S/c1-11(2,14-18(4,15)16)8-13-10-6-5-9(17-3)7-12-10/h5-7,14H,8H2,1-4H3,(H,12,13). The highest BCUT2D eigenvalue weighted by Gasteiger charge is 2.21. The van der Waals surface area contributed by atoms with Crippen molar-refractivity contribution in [1.29, 1.82) is 0 Å². The summed E-state index contributed by atoms with van der Waals surface area (Å²) in [4.78, 5) is 4.14. The van der Waals surface area contributed by atoms with Crippen molar-refractivity contribution in [2.45, 2.75) is 19.4 Å². The molecule has 0 fully saturated rings. The number of sulfonamides is 1. The molecule has 0 unspecified atom stereocenters. The minimum atomic E-state index is -3.23. The third-order valence-electron chi connectivity index (χ3n) is 2.15. The van der Waals surface area contributed by atoms with Crippen molar-refractivity contribution < 1.29 is 13.2 Å². The molecule has 18 heavy (non-hydrogen) atoms. The zero-order valence-corrected chi connectivity index (χ0v) is 11.8. The van der Waals surface area contributed by atoms with Gasteiger partial charge >= 0.3 is 0 Å². The average Bonchev–Trinajstić information content (AvgIpc) is 2.24. The average molecular weight is 273 g/mol. The van der Waals surface area contributed by atoms with E-state index in [4.69, 9.17) is 4.74 Å². The van der Waals surface area contributed by atoms with E-state index in [2.05, 4.69) is 15.0 Å². The van der Waals surface area contributed by atoms with Crippen LogP contribution in [0, 0.1) is 0 Å². The molecule has 1 heterocycles. The van der Waals surface area contributed by atoms with Crippen molar-refractivity contribution >= 4 is 15.8 Å². The first kappa shape index (κ1) is 14.7. The van der Waals surface area contributed by atoms with Crippen LogP contribution in [0.2, 0.25) is 0 Å². The number of aromatic nitrogens is 1. The first-order valence-electron chi connectivity index (χ1n) is 5.45. The van der Waals surface area contributed by atoms with Gasteiger partial charge in [0.2, 0.25) is 10.0 Å². The van der Waals surface area contributed by atoms with Crippen LogP contribution in [0.4, 0.5) is 5.82 Å². The fraction of sp³-hybridized carbons (Fsp3) is 0.545. The third kappa shape index (κ3) is 5.33. The molecule has 1 aromatic rings. The van der Waals surface area contributed by atoms with Crippen molar-refractivity contribution in [3.05, 3.63) is 18.3 Å². The molecule has 1 aromatic heterocycles. The maximum Gasteiger partial charge on any atom is 0.209 e. The Balaban J connectivity index is 2.58. The summed E-state index contributed by atoms with van der Waals surface area (Å²) in [7, 11) is -1.65. The lowest BCUT2D eigenvalue weighted by Crippen LogP contribution is -2.47. The Bertz CT molecular complexity index is 483. The number of methoxy groups -OCH3 is 1. The monoisotopic (exact) mass is 273 g/mol. The third-order valence-corrected chi connectivity index (χ3v) is 3.07. The molecule has 0 atom stereocenters. The first-order valence-corrected chi connectivity index (χ1v) is 7.34. The zero-order valence-electron chi connectivity index (χ0n) is 11.0. The molecule has 0 radical (unpaired) electrons. The van der Waals surface area contributed by atoms with Crippen molar-refractivity contribution in [1.82, 2.24) is 9.71 Å². The lowest BCUT2D eigenvalue weighted by atomic mass is 10.1. The number of rotatable bonds is 6. The summed E-state index contributed by atoms with van der Waals surface area (Å²) in [5.41, 5.74) is -0.588. The van der Waals surface area contributed by atoms with Gasteiger partial charge in [0.1, 0.15) is 11.6 Å². The molecule has 7 heteroatoms. The molecule has 6 nitrogen and oxygen atoms in total. The smallest absolute Gasteiger partial charge is 0.209 e. The number of pyridine rings is 1. The number of anilines is 1. The molecule has 0 aromatic carbocycles. The largest absolute Gasteiger partial charge is 0.495 e. The van der Waals surface area contributed by atoms with Gasteiger partial charge in [0.15, 0.2) is 0 Å². The summed E-state index contributed by atoms with van der Waals surface area (Å²) < 4.78 is 29.9. The maximum atomic E-state index is 11.2. The first-order chi connectivity index (χ1) is 8.22. The van der Waals surface area contributed by atoms with E-state index in [0.717, 1.165) is 6.26 Å². The van der Waals surface area contributed by atoms with Crippen LogP contribution < -0.4 is 14.8 Å². The van der Waals surface area contributed by atoms with Crippen molar-refractivity contribution in [2.75, 3.05) is 25.2 Å². The quantitative estimate of drug-likeness (QED) is 0.802. The van der Waals surface area contributed by atoms with Gasteiger partial charge in [0.25, 0.3) is 0 Å². The van der Waals surface area contributed by atoms with Gasteiger partial charge in [-0.3, -0.25) is 0 Å². The summed E-state index contributed by atoms with van der Waals surface area (Å²) in [5.74, 6) is 1.34. The fourth-order valence-electron chi connectivity index (χ4n) is 1.46. The van der Waals surface area contributed by atoms with Crippen LogP contribution in [0.15, 0.2) is 18.3 Å². The van der Waals surface area contributed by atoms with Crippen LogP contribution >= 0.6 is 0 Å². The molecule has 0 saturated carbocycles. The van der Waals surface area contributed by atoms with E-state index >= 15 is 0 Å². The topological polar surface area (TPSA) is 80.3 Å². The second-order valence-corrected chi connectivity index (χ2v) is 6.44. The molecule has 1 rings (SSSR count). The normalized spacial score (nSPS) is 12.2. The summed E-state index contributed by atoms with van der Waals surface area (Å²) in [6.07, 6.45) is 2.74. The van der Waals surface area contributed by atoms with Crippen molar-refractivity contribution in [2.24, 2.45) is 0 Å². The fourth-order valence-corrected chi connectivity index (χ4v) is 2.53. The predicted octanol–water partition coefficient (Wildman–Crippen LogP) is 0.830. The maximum absolute atomic E-state index is 11.2. The van der Waals surface area contributed by atoms with E-state index in [9.17, 15) is 8.42 Å². The van der Waals surface area contributed by atoms with Crippen LogP contribution in [0.1, 0.15) is 13.8 Å². The Labute approximate surface area is 108 Å². The van der Waals surface area contributed by atoms with Gasteiger partial charge in [0, 0.05) is 12.1 Å². The Morgan fingerprint density at radius 3 is 2.50 bits per heavy atom. The van der Waals surface area contributed by atoms with Crippen molar-refractivity contribution in [3.63, 3.8) is 0 Å². The highest BCUT2D eigenvalue weighted by Crippen LogP contribution is 2.12. The van der Waals surface area contributed by atoms with E-state index in [1.807, 2.05) is 0 Å². The Hall–Kier alpha value is -1.34. The van der Waals surface area contributed by atoms with Crippen LogP contribution in [-0.2, 0) is 10.0 Å². The lowest BCUT2D eigenvalue weighted by Gasteiger charge is -2.25. The molecule has 0 aliphatic carbocycles. The van der Waals surface area contributed by atoms with Gasteiger partial charge in [-0.05, 0) is 26.0 Å². The molecule has 2 N–H and O–H groups in total. The van der Waals surface area contributed by atoms with E-state index < -0.39 is 15.6 Å². The highest BCUT2D eigenvalue weighted by atomic mass is 32.2. The van der Waals surface area contributed by atoms with Gasteiger partial charge < -0.3 is 10.1 Å². The van der Waals surface area contributed by atoms with Gasteiger partial charge in [0.05, 0.1) is 19.6 Å². The Morgan fingerprint density at radius 1 is 1.39 bits per heavy atom. The number of ether oxygens (including phenoxy) is 1. The van der Waals surface area contributed by atoms with E-state index in [1.54, 1.807) is 39.3 Å². The molecule has 0 aliphatic rings. The second kappa shape index (κ2) is 5.53. The second-order valence-electron chi connectivity index (χ2n) is 4.69. The molecule has 102 valence electrons. The van der Waals surface area contributed by atoms with Crippen molar-refractivity contribution in [3.8, 4) is 5.75 Å². The van der Waals surface area contributed by atoms with Crippen LogP contribution in [0.3, 0.4) is 0 Å². The molecular formula is C11H19N3O3S. The molecule has 0 aliphatic heterocycles. The number of hydrogen-bond donors (Lipinski definition) is 2. The van der Waals surface area contributed by atoms with Gasteiger partial charge in [-0.15, -0.1) is 0 Å². The predicted molar refractivity (Wildman–Crippen MR) is 71.3 cm³/mol. The molecule has 0 saturated heterocycles. The molecule has 0 amide bonds. The van der Waals surface area contributed by atoms with E-state index in [1.165, 1.54) is 0 Å². The van der Waals surface area contributed by atoms with Crippen LogP contribution in [0.5, 0.6) is 5.75 Å². The number of nitrogens with one attached hydrogen (secondary N) is 2. The summed E-state index contributed by atoms with van der Waals surface area (Å²) >= 11 is 0. The lowest BCUT2D eigenvalue weighted by molar-refractivity contribution is 0.413. The minimum Gasteiger partial charge on any atom is -0.495 e. The summed E-state index contributed by atoms with van der Waals surface area (Å²) in [6.45, 7) is 4.02. The summed E-state index contributed by atoms with van der Waals surface area (Å²) in [6, 6.07) is 3.56. The highest BCUT2D eigenvalue weighted by molar-refractivity contribution is 7.88. The number of hydrogen-bond acceptors (Lipinski definition) is 5. The van der Waals surface area contributed by atoms with Crippen LogP contribution in [-0.4, -0.2) is 38.9 Å². The van der Waals surface area contributed by atoms with Gasteiger partial charge in [-0.1, -0.05) is 0 Å². The van der Waals surface area contributed by atoms with E-state index in [-0.39, 0.29) is 0 Å². The van der Waals surface area contributed by atoms with Gasteiger partial charge in [-0.25, -0.2) is 18.1 Å². The zero-order chi connectivity index (χ0) is 13.8. The SMILES string of the molecule is COc1ccc(NCC(C)(C)NS(C)(=O)=O)nc1. The number of nitrogens with zero attached hydrogens (tertiary/aromatic N) is 1. The van der Waals surface area contributed by atoms with Gasteiger partial charge in [-0.2, -0.15) is 0 Å². The molecule has 0 bridgehead atoms. The molecular weight excluding hydrogens is 254 g/mol.